The van der Waals surface area contributed by atoms with Crippen molar-refractivity contribution in [3.05, 3.63) is 65.2 Å². The van der Waals surface area contributed by atoms with Crippen LogP contribution in [0.25, 0.3) is 0 Å². The number of halogens is 3. The van der Waals surface area contributed by atoms with E-state index in [1.807, 2.05) is 0 Å². The number of alkyl halides is 3. The molecule has 6 nitrogen and oxygen atoms in total. The minimum Gasteiger partial charge on any atom is -0.497 e. The van der Waals surface area contributed by atoms with E-state index in [1.165, 1.54) is 19.2 Å². The lowest BCUT2D eigenvalue weighted by molar-refractivity contribution is -0.143. The zero-order chi connectivity index (χ0) is 23.0. The van der Waals surface area contributed by atoms with Crippen molar-refractivity contribution in [1.82, 2.24) is 10.6 Å². The predicted molar refractivity (Wildman–Crippen MR) is 109 cm³/mol. The Kier molecular flexibility index (Phi) is 8.30. The first-order valence-corrected chi connectivity index (χ1v) is 9.67. The zero-order valence-corrected chi connectivity index (χ0v) is 17.5. The van der Waals surface area contributed by atoms with Crippen molar-refractivity contribution < 1.29 is 32.2 Å². The van der Waals surface area contributed by atoms with Crippen LogP contribution < -0.4 is 15.4 Å². The summed E-state index contributed by atoms with van der Waals surface area (Å²) in [6.45, 7) is 3.44. The van der Waals surface area contributed by atoms with Crippen LogP contribution in [0.15, 0.2) is 48.5 Å². The first kappa shape index (κ1) is 24.0. The van der Waals surface area contributed by atoms with Crippen molar-refractivity contribution in [3.8, 4) is 5.75 Å². The Morgan fingerprint density at radius 3 is 2.35 bits per heavy atom. The molecule has 2 amide bonds. The van der Waals surface area contributed by atoms with Gasteiger partial charge in [-0.25, -0.2) is 4.79 Å². The lowest BCUT2D eigenvalue weighted by Crippen LogP contribution is -2.40. The number of hydrogen-bond acceptors (Lipinski definition) is 4. The number of nitrogens with one attached hydrogen (secondary N) is 2. The molecule has 168 valence electrons. The van der Waals surface area contributed by atoms with Gasteiger partial charge in [-0.2, -0.15) is 13.2 Å². The van der Waals surface area contributed by atoms with E-state index in [-0.39, 0.29) is 13.0 Å². The molecule has 0 aliphatic heterocycles. The quantitative estimate of drug-likeness (QED) is 0.582. The Morgan fingerprint density at radius 2 is 1.71 bits per heavy atom. The van der Waals surface area contributed by atoms with Gasteiger partial charge in [-0.3, -0.25) is 4.79 Å². The second-order valence-electron chi connectivity index (χ2n) is 6.80. The Bertz CT molecular complexity index is 902. The van der Waals surface area contributed by atoms with Gasteiger partial charge in [-0.1, -0.05) is 24.3 Å². The normalized spacial score (nSPS) is 13.1. The largest absolute Gasteiger partial charge is 0.497 e. The van der Waals surface area contributed by atoms with E-state index in [0.717, 1.165) is 12.1 Å². The molecule has 2 unspecified atom stereocenters. The van der Waals surface area contributed by atoms with Gasteiger partial charge in [0.05, 0.1) is 37.8 Å². The van der Waals surface area contributed by atoms with Crippen LogP contribution in [0.2, 0.25) is 0 Å². The maximum absolute atomic E-state index is 12.9. The molecular weight excluding hydrogens is 413 g/mol. The van der Waals surface area contributed by atoms with Gasteiger partial charge in [0.1, 0.15) is 5.75 Å². The summed E-state index contributed by atoms with van der Waals surface area (Å²) in [6, 6.07) is 9.53. The van der Waals surface area contributed by atoms with Crippen LogP contribution >= 0.6 is 0 Å². The smallest absolute Gasteiger partial charge is 0.416 e. The summed E-state index contributed by atoms with van der Waals surface area (Å²) in [5, 5.41) is 5.30. The fraction of sp³-hybridized carbons (Fsp3) is 0.364. The molecule has 2 N–H and O–H groups in total. The molecule has 2 aromatic carbocycles. The molecule has 0 saturated carbocycles. The summed E-state index contributed by atoms with van der Waals surface area (Å²) >= 11 is 0. The van der Waals surface area contributed by atoms with Gasteiger partial charge in [0.15, 0.2) is 0 Å². The van der Waals surface area contributed by atoms with E-state index in [1.54, 1.807) is 38.1 Å². The molecule has 0 aromatic heterocycles. The number of ether oxygens (including phenoxy) is 2. The monoisotopic (exact) mass is 438 g/mol. The summed E-state index contributed by atoms with van der Waals surface area (Å²) < 4.78 is 49.0. The lowest BCUT2D eigenvalue weighted by Gasteiger charge is -2.22. The molecule has 31 heavy (non-hydrogen) atoms. The molecule has 0 spiro atoms. The molecule has 0 radical (unpaired) electrons. The fourth-order valence-corrected chi connectivity index (χ4v) is 2.96. The number of carbonyl (C=O) groups excluding carboxylic acids is 2. The first-order chi connectivity index (χ1) is 14.6. The number of urea groups is 1. The van der Waals surface area contributed by atoms with Gasteiger partial charge < -0.3 is 20.1 Å². The standard InChI is InChI=1S/C22H25F3N2O4/c1-4-31-20(28)13-19(16-8-6-10-18(12-16)30-3)27-21(29)26-14(2)15-7-5-9-17(11-15)22(23,24)25/h5-12,14,19H,4,13H2,1-3H3,(H2,26,27,29). The number of amides is 2. The third-order valence-electron chi connectivity index (χ3n) is 4.54. The highest BCUT2D eigenvalue weighted by molar-refractivity contribution is 5.77. The van der Waals surface area contributed by atoms with E-state index in [2.05, 4.69) is 10.6 Å². The predicted octanol–water partition coefficient (Wildman–Crippen LogP) is 4.77. The van der Waals surface area contributed by atoms with E-state index in [9.17, 15) is 22.8 Å². The number of carbonyl (C=O) groups is 2. The number of rotatable bonds is 8. The highest BCUT2D eigenvalue weighted by Crippen LogP contribution is 2.30. The van der Waals surface area contributed by atoms with Crippen LogP contribution in [0, 0.1) is 0 Å². The molecular formula is C22H25F3N2O4. The Labute approximate surface area is 178 Å². The van der Waals surface area contributed by atoms with Crippen LogP contribution in [0.5, 0.6) is 5.75 Å². The molecule has 0 fully saturated rings. The van der Waals surface area contributed by atoms with Crippen molar-refractivity contribution in [2.24, 2.45) is 0 Å². The van der Waals surface area contributed by atoms with Crippen molar-refractivity contribution in [1.29, 1.82) is 0 Å². The minimum absolute atomic E-state index is 0.119. The van der Waals surface area contributed by atoms with Crippen molar-refractivity contribution in [2.75, 3.05) is 13.7 Å². The van der Waals surface area contributed by atoms with Gasteiger partial charge >= 0.3 is 18.2 Å². The number of esters is 1. The van der Waals surface area contributed by atoms with E-state index in [0.29, 0.717) is 16.9 Å². The van der Waals surface area contributed by atoms with E-state index < -0.39 is 35.8 Å². The Balaban J connectivity index is 2.14. The second kappa shape index (κ2) is 10.7. The van der Waals surface area contributed by atoms with E-state index in [4.69, 9.17) is 9.47 Å². The van der Waals surface area contributed by atoms with E-state index >= 15 is 0 Å². The topological polar surface area (TPSA) is 76.7 Å². The highest BCUT2D eigenvalue weighted by atomic mass is 19.4. The second-order valence-corrected chi connectivity index (χ2v) is 6.80. The van der Waals surface area contributed by atoms with Gasteiger partial charge in [-0.05, 0) is 49.2 Å². The van der Waals surface area contributed by atoms with Crippen molar-refractivity contribution in [3.63, 3.8) is 0 Å². The summed E-state index contributed by atoms with van der Waals surface area (Å²) in [7, 11) is 1.50. The highest BCUT2D eigenvalue weighted by Gasteiger charge is 2.31. The maximum atomic E-state index is 12.9. The van der Waals surface area contributed by atoms with Crippen LogP contribution in [-0.2, 0) is 15.7 Å². The average Bonchev–Trinajstić information content (AvgIpc) is 2.73. The van der Waals surface area contributed by atoms with Crippen LogP contribution in [-0.4, -0.2) is 25.7 Å². The molecule has 2 rings (SSSR count). The number of hydrogen-bond donors (Lipinski definition) is 2. The van der Waals surface area contributed by atoms with Gasteiger partial charge in [0, 0.05) is 0 Å². The van der Waals surface area contributed by atoms with Gasteiger partial charge in [0.2, 0.25) is 0 Å². The third kappa shape index (κ3) is 7.20. The molecule has 2 atom stereocenters. The SMILES string of the molecule is CCOC(=O)CC(NC(=O)NC(C)c1cccc(C(F)(F)F)c1)c1cccc(OC)c1. The van der Waals surface area contributed by atoms with Crippen LogP contribution in [0.4, 0.5) is 18.0 Å². The summed E-state index contributed by atoms with van der Waals surface area (Å²) in [4.78, 5) is 24.6. The molecule has 0 heterocycles. The van der Waals surface area contributed by atoms with Crippen LogP contribution in [0.1, 0.15) is 49.0 Å². The van der Waals surface area contributed by atoms with Crippen molar-refractivity contribution in [2.45, 2.75) is 38.5 Å². The minimum atomic E-state index is -4.48. The Morgan fingerprint density at radius 1 is 1.03 bits per heavy atom. The van der Waals surface area contributed by atoms with Crippen molar-refractivity contribution >= 4 is 12.0 Å². The maximum Gasteiger partial charge on any atom is 0.416 e. The van der Waals surface area contributed by atoms with Gasteiger partial charge in [0.25, 0.3) is 0 Å². The summed E-state index contributed by atoms with van der Waals surface area (Å²) in [6.07, 6.45) is -4.60. The molecule has 0 bridgehead atoms. The summed E-state index contributed by atoms with van der Waals surface area (Å²) in [5.74, 6) is 0.0486. The first-order valence-electron chi connectivity index (χ1n) is 9.67. The summed E-state index contributed by atoms with van der Waals surface area (Å²) in [5.41, 5.74) is 0.123. The molecule has 2 aromatic rings. The average molecular weight is 438 g/mol. The number of benzene rings is 2. The van der Waals surface area contributed by atoms with Crippen LogP contribution in [0.3, 0.4) is 0 Å². The molecule has 0 aliphatic rings. The Hall–Kier alpha value is -3.23. The molecule has 0 saturated heterocycles. The fourth-order valence-electron chi connectivity index (χ4n) is 2.96. The number of methoxy groups -OCH3 is 1. The third-order valence-corrected chi connectivity index (χ3v) is 4.54. The molecule has 9 heteroatoms. The zero-order valence-electron chi connectivity index (χ0n) is 17.5. The molecule has 0 aliphatic carbocycles. The van der Waals surface area contributed by atoms with Gasteiger partial charge in [-0.15, -0.1) is 0 Å². The lowest BCUT2D eigenvalue weighted by atomic mass is 10.0.